The van der Waals surface area contributed by atoms with E-state index in [9.17, 15) is 9.59 Å². The molecular formula is C15H23N6O2+. The molecule has 3 rings (SSSR count). The van der Waals surface area contributed by atoms with E-state index in [0.29, 0.717) is 16.9 Å². The average molecular weight is 319 g/mol. The molecule has 0 spiro atoms. The van der Waals surface area contributed by atoms with Gasteiger partial charge in [0.2, 0.25) is 5.78 Å². The number of nitrogens with zero attached hydrogens (tertiary/aromatic N) is 6. The van der Waals surface area contributed by atoms with Crippen LogP contribution in [0.15, 0.2) is 15.8 Å². The molecule has 0 aromatic carbocycles. The summed E-state index contributed by atoms with van der Waals surface area (Å²) < 4.78 is 7.26. The molecule has 0 aliphatic rings. The Morgan fingerprint density at radius 1 is 1.13 bits per heavy atom. The zero-order chi connectivity index (χ0) is 17.1. The first-order valence-electron chi connectivity index (χ1n) is 7.56. The van der Waals surface area contributed by atoms with E-state index in [1.807, 2.05) is 13.1 Å². The van der Waals surface area contributed by atoms with Crippen LogP contribution >= 0.6 is 0 Å². The summed E-state index contributed by atoms with van der Waals surface area (Å²) in [6.07, 6.45) is 1.91. The number of aryl methyl sites for hydroxylation is 2. The Labute approximate surface area is 133 Å². The van der Waals surface area contributed by atoms with Crippen LogP contribution in [0.5, 0.6) is 0 Å². The first-order chi connectivity index (χ1) is 10.6. The smallest absolute Gasteiger partial charge is 0.329 e. The predicted molar refractivity (Wildman–Crippen MR) is 88.8 cm³/mol. The van der Waals surface area contributed by atoms with Gasteiger partial charge in [-0.15, -0.1) is 0 Å². The zero-order valence-corrected chi connectivity index (χ0v) is 14.5. The molecule has 0 saturated carbocycles. The highest BCUT2D eigenvalue weighted by molar-refractivity contribution is 5.75. The molecule has 8 nitrogen and oxygen atoms in total. The summed E-state index contributed by atoms with van der Waals surface area (Å²) in [5.41, 5.74) is 1.22. The van der Waals surface area contributed by atoms with Gasteiger partial charge in [0, 0.05) is 26.0 Å². The summed E-state index contributed by atoms with van der Waals surface area (Å²) in [6.45, 7) is 3.73. The quantitative estimate of drug-likeness (QED) is 0.623. The zero-order valence-electron chi connectivity index (χ0n) is 14.5. The van der Waals surface area contributed by atoms with E-state index < -0.39 is 0 Å². The fourth-order valence-corrected chi connectivity index (χ4v) is 2.81. The summed E-state index contributed by atoms with van der Waals surface area (Å²) in [5.74, 6) is 0.698. The van der Waals surface area contributed by atoms with E-state index in [2.05, 4.69) is 30.7 Å². The second kappa shape index (κ2) is 4.82. The van der Waals surface area contributed by atoms with Gasteiger partial charge in [0.05, 0.1) is 34.2 Å². The van der Waals surface area contributed by atoms with E-state index in [4.69, 9.17) is 0 Å². The molecule has 124 valence electrons. The third-order valence-electron chi connectivity index (χ3n) is 4.25. The Bertz CT molecular complexity index is 1020. The Hall–Kier alpha value is -2.35. The molecule has 0 fully saturated rings. The first kappa shape index (κ1) is 15.5. The highest BCUT2D eigenvalue weighted by Gasteiger charge is 2.19. The van der Waals surface area contributed by atoms with Crippen LogP contribution in [-0.4, -0.2) is 55.3 Å². The number of fused-ring (bicyclic) bond motifs is 3. The molecule has 0 N–H and O–H groups in total. The summed E-state index contributed by atoms with van der Waals surface area (Å²) in [7, 11) is 9.54. The van der Waals surface area contributed by atoms with Crippen LogP contribution in [-0.2, 0) is 20.6 Å². The molecule has 0 bridgehead atoms. The summed E-state index contributed by atoms with van der Waals surface area (Å²) >= 11 is 0. The fraction of sp³-hybridized carbons (Fsp3) is 0.533. The number of hydrogen-bond acceptors (Lipinski definition) is 3. The Morgan fingerprint density at radius 2 is 1.78 bits per heavy atom. The van der Waals surface area contributed by atoms with Crippen molar-refractivity contribution in [2.75, 3.05) is 27.7 Å². The van der Waals surface area contributed by atoms with Crippen molar-refractivity contribution >= 4 is 16.9 Å². The van der Waals surface area contributed by atoms with Gasteiger partial charge in [0.15, 0.2) is 11.2 Å². The van der Waals surface area contributed by atoms with E-state index >= 15 is 0 Å². The Kier molecular flexibility index (Phi) is 3.26. The standard InChI is InChI=1S/C15H23N6O2/c1-10-9-20-11-12(17(2)15(23)18(3)13(11)22)16-14(20)19(10)7-8-21(4,5)6/h9H,7-8H2,1-6H3/q+1. The number of aromatic nitrogens is 5. The topological polar surface area (TPSA) is 66.2 Å². The molecule has 0 unspecified atom stereocenters. The highest BCUT2D eigenvalue weighted by Crippen LogP contribution is 2.16. The molecule has 0 amide bonds. The number of rotatable bonds is 3. The molecule has 3 heterocycles. The maximum atomic E-state index is 12.5. The molecule has 8 heteroatoms. The van der Waals surface area contributed by atoms with E-state index in [-0.39, 0.29) is 11.2 Å². The first-order valence-corrected chi connectivity index (χ1v) is 7.56. The van der Waals surface area contributed by atoms with Crippen molar-refractivity contribution in [3.05, 3.63) is 32.7 Å². The number of quaternary nitrogens is 1. The SMILES string of the molecule is Cc1cn2c3c(=O)n(C)c(=O)n(C)c3nc2n1CC[N+](C)(C)C. The third-order valence-corrected chi connectivity index (χ3v) is 4.25. The molecule has 3 aromatic heterocycles. The maximum Gasteiger partial charge on any atom is 0.332 e. The van der Waals surface area contributed by atoms with Crippen LogP contribution in [0.2, 0.25) is 0 Å². The predicted octanol–water partition coefficient (Wildman–Crippen LogP) is -0.299. The molecule has 0 saturated heterocycles. The fourth-order valence-electron chi connectivity index (χ4n) is 2.81. The van der Waals surface area contributed by atoms with Gasteiger partial charge in [-0.1, -0.05) is 0 Å². The number of likely N-dealkylation sites (N-methyl/N-ethyl adjacent to an activating group) is 1. The molecule has 0 atom stereocenters. The van der Waals surface area contributed by atoms with Crippen molar-refractivity contribution in [2.45, 2.75) is 13.5 Å². The largest absolute Gasteiger partial charge is 0.332 e. The van der Waals surface area contributed by atoms with Gasteiger partial charge in [-0.3, -0.25) is 18.3 Å². The summed E-state index contributed by atoms with van der Waals surface area (Å²) in [5, 5.41) is 0. The highest BCUT2D eigenvalue weighted by atomic mass is 16.2. The molecule has 23 heavy (non-hydrogen) atoms. The monoisotopic (exact) mass is 319 g/mol. The van der Waals surface area contributed by atoms with Crippen molar-refractivity contribution in [3.63, 3.8) is 0 Å². The lowest BCUT2D eigenvalue weighted by atomic mass is 10.4. The van der Waals surface area contributed by atoms with E-state index in [1.54, 1.807) is 11.4 Å². The van der Waals surface area contributed by atoms with Crippen molar-refractivity contribution in [1.29, 1.82) is 0 Å². The molecular weight excluding hydrogens is 296 g/mol. The number of hydrogen-bond donors (Lipinski definition) is 0. The van der Waals surface area contributed by atoms with Gasteiger partial charge < -0.3 is 9.05 Å². The Morgan fingerprint density at radius 3 is 2.39 bits per heavy atom. The molecule has 0 aliphatic heterocycles. The van der Waals surface area contributed by atoms with E-state index in [0.717, 1.165) is 27.8 Å². The average Bonchev–Trinajstić information content (AvgIpc) is 2.95. The van der Waals surface area contributed by atoms with Crippen LogP contribution in [0, 0.1) is 6.92 Å². The van der Waals surface area contributed by atoms with Crippen LogP contribution in [0.1, 0.15) is 5.69 Å². The lowest BCUT2D eigenvalue weighted by Crippen LogP contribution is -2.37. The minimum atomic E-state index is -0.363. The van der Waals surface area contributed by atoms with Gasteiger partial charge in [0.25, 0.3) is 5.56 Å². The third kappa shape index (κ3) is 2.29. The maximum absolute atomic E-state index is 12.5. The second-order valence-corrected chi connectivity index (χ2v) is 7.10. The molecule has 3 aromatic rings. The van der Waals surface area contributed by atoms with Crippen molar-refractivity contribution in [1.82, 2.24) is 23.1 Å². The van der Waals surface area contributed by atoms with Gasteiger partial charge in [-0.05, 0) is 6.92 Å². The molecule has 0 aliphatic carbocycles. The van der Waals surface area contributed by atoms with Crippen LogP contribution in [0.25, 0.3) is 16.9 Å². The van der Waals surface area contributed by atoms with Crippen LogP contribution < -0.4 is 11.2 Å². The van der Waals surface area contributed by atoms with Gasteiger partial charge in [-0.2, -0.15) is 4.98 Å². The van der Waals surface area contributed by atoms with Crippen molar-refractivity contribution in [2.24, 2.45) is 14.1 Å². The minimum absolute atomic E-state index is 0.320. The van der Waals surface area contributed by atoms with Crippen molar-refractivity contribution in [3.8, 4) is 0 Å². The number of imidazole rings is 2. The lowest BCUT2D eigenvalue weighted by Gasteiger charge is -2.24. The van der Waals surface area contributed by atoms with Gasteiger partial charge >= 0.3 is 5.69 Å². The van der Waals surface area contributed by atoms with Crippen LogP contribution in [0.3, 0.4) is 0 Å². The summed E-state index contributed by atoms with van der Waals surface area (Å²) in [6, 6.07) is 0. The summed E-state index contributed by atoms with van der Waals surface area (Å²) in [4.78, 5) is 29.1. The van der Waals surface area contributed by atoms with Gasteiger partial charge in [0.1, 0.15) is 0 Å². The normalized spacial score (nSPS) is 12.6. The minimum Gasteiger partial charge on any atom is -0.329 e. The van der Waals surface area contributed by atoms with Gasteiger partial charge in [-0.25, -0.2) is 4.79 Å². The molecule has 0 radical (unpaired) electrons. The van der Waals surface area contributed by atoms with Crippen molar-refractivity contribution < 1.29 is 4.48 Å². The second-order valence-electron chi connectivity index (χ2n) is 7.10. The lowest BCUT2D eigenvalue weighted by molar-refractivity contribution is -0.870. The van der Waals surface area contributed by atoms with Crippen LogP contribution in [0.4, 0.5) is 0 Å². The Balaban J connectivity index is 2.32. The van der Waals surface area contributed by atoms with E-state index in [1.165, 1.54) is 11.6 Å².